The molecule has 2 aliphatic rings. The zero-order valence-corrected chi connectivity index (χ0v) is 27.3. The fraction of sp³-hybridized carbons (Fsp3) is 0.343. The Morgan fingerprint density at radius 3 is 2.17 bits per heavy atom. The number of halogens is 5. The SMILES string of the molecule is N[C@@H]1CCN(C(=O)[C@H](c2c(S(N)(=O)=O)ccc3cc(OC4CCCC4)ccc23)C(F)(F)c2ccc(-c3ccc(Cl)cc3)cc2)CC1(F)F. The van der Waals surface area contributed by atoms with Crippen molar-refractivity contribution >= 4 is 38.3 Å². The van der Waals surface area contributed by atoms with Gasteiger partial charge in [0.05, 0.1) is 23.6 Å². The van der Waals surface area contributed by atoms with E-state index in [1.807, 2.05) is 0 Å². The molecule has 0 spiro atoms. The van der Waals surface area contributed by atoms with Gasteiger partial charge in [-0.25, -0.2) is 31.1 Å². The third kappa shape index (κ3) is 6.76. The number of fused-ring (bicyclic) bond motifs is 1. The number of sulfonamides is 1. The number of carbonyl (C=O) groups excluding carboxylic acids is 1. The summed E-state index contributed by atoms with van der Waals surface area (Å²) in [6.45, 7) is -1.53. The van der Waals surface area contributed by atoms with Gasteiger partial charge in [-0.05, 0) is 89.9 Å². The van der Waals surface area contributed by atoms with Crippen LogP contribution in [0.4, 0.5) is 17.6 Å². The molecule has 4 aromatic carbocycles. The Kier molecular flexibility index (Phi) is 9.22. The number of amides is 1. The summed E-state index contributed by atoms with van der Waals surface area (Å²) in [5, 5.41) is 6.37. The molecule has 1 aliphatic heterocycles. The van der Waals surface area contributed by atoms with Crippen molar-refractivity contribution in [1.29, 1.82) is 0 Å². The Balaban J connectivity index is 1.51. The Bertz CT molecular complexity index is 1940. The lowest BCUT2D eigenvalue weighted by molar-refractivity contribution is -0.155. The van der Waals surface area contributed by atoms with E-state index in [-0.39, 0.29) is 24.5 Å². The molecule has 1 saturated carbocycles. The molecule has 1 heterocycles. The molecule has 1 saturated heterocycles. The summed E-state index contributed by atoms with van der Waals surface area (Å²) >= 11 is 5.98. The number of nitrogens with two attached hydrogens (primary N) is 2. The van der Waals surface area contributed by atoms with Gasteiger partial charge < -0.3 is 15.4 Å². The summed E-state index contributed by atoms with van der Waals surface area (Å²) in [5.41, 5.74) is 5.64. The second-order valence-electron chi connectivity index (χ2n) is 12.5. The number of piperidine rings is 1. The van der Waals surface area contributed by atoms with E-state index in [1.165, 1.54) is 30.3 Å². The van der Waals surface area contributed by atoms with Crippen molar-refractivity contribution in [3.05, 3.63) is 95.0 Å². The predicted octanol–water partition coefficient (Wildman–Crippen LogP) is 7.20. The third-order valence-electron chi connectivity index (χ3n) is 9.22. The lowest BCUT2D eigenvalue weighted by Crippen LogP contribution is -2.58. The lowest BCUT2D eigenvalue weighted by Gasteiger charge is -2.40. The van der Waals surface area contributed by atoms with Crippen molar-refractivity contribution < 1.29 is 35.5 Å². The zero-order chi connectivity index (χ0) is 34.4. The van der Waals surface area contributed by atoms with Crippen LogP contribution in [0.5, 0.6) is 5.75 Å². The highest BCUT2D eigenvalue weighted by Gasteiger charge is 2.53. The van der Waals surface area contributed by atoms with E-state index in [0.29, 0.717) is 32.2 Å². The number of likely N-dealkylation sites (tertiary alicyclic amines) is 1. The summed E-state index contributed by atoms with van der Waals surface area (Å²) in [6, 6.07) is 17.2. The van der Waals surface area contributed by atoms with Crippen LogP contribution in [0, 0.1) is 0 Å². The van der Waals surface area contributed by atoms with Crippen molar-refractivity contribution in [3.63, 3.8) is 0 Å². The van der Waals surface area contributed by atoms with Crippen molar-refractivity contribution in [2.24, 2.45) is 10.9 Å². The monoisotopic (exact) mass is 703 g/mol. The van der Waals surface area contributed by atoms with Crippen LogP contribution in [0.15, 0.2) is 83.8 Å². The van der Waals surface area contributed by atoms with Crippen LogP contribution in [-0.4, -0.2) is 50.4 Å². The minimum Gasteiger partial charge on any atom is -0.490 e. The van der Waals surface area contributed by atoms with Crippen LogP contribution in [0.1, 0.15) is 49.1 Å². The van der Waals surface area contributed by atoms with Crippen LogP contribution < -0.4 is 15.6 Å². The number of alkyl halides is 4. The van der Waals surface area contributed by atoms with E-state index in [0.717, 1.165) is 43.9 Å². The molecule has 4 N–H and O–H groups in total. The Labute approximate surface area is 280 Å². The highest BCUT2D eigenvalue weighted by atomic mass is 35.5. The molecule has 1 amide bonds. The summed E-state index contributed by atoms with van der Waals surface area (Å²) in [4.78, 5) is 14.2. The number of primary sulfonamides is 1. The maximum Gasteiger partial charge on any atom is 0.288 e. The molecule has 4 aromatic rings. The maximum absolute atomic E-state index is 17.1. The number of benzene rings is 4. The highest BCUT2D eigenvalue weighted by molar-refractivity contribution is 7.89. The zero-order valence-electron chi connectivity index (χ0n) is 25.7. The van der Waals surface area contributed by atoms with Crippen molar-refractivity contribution in [3.8, 4) is 16.9 Å². The Morgan fingerprint density at radius 2 is 1.56 bits per heavy atom. The van der Waals surface area contributed by atoms with Gasteiger partial charge in [-0.3, -0.25) is 4.79 Å². The van der Waals surface area contributed by atoms with Crippen molar-refractivity contribution in [2.45, 2.75) is 66.9 Å². The van der Waals surface area contributed by atoms with Gasteiger partial charge in [0.15, 0.2) is 0 Å². The van der Waals surface area contributed by atoms with Gasteiger partial charge in [-0.15, -0.1) is 0 Å². The first kappa shape index (κ1) is 34.2. The molecular formula is C35H34ClF4N3O4S. The standard InChI is InChI=1S/C35H34ClF4N3O4S/c36-25-12-7-22(8-13-25)21-5-10-24(11-6-21)35(39,40)32(33(44)43-18-17-30(41)34(37,38)20-43)31-28-15-14-27(47-26-3-1-2-4-26)19-23(28)9-16-29(31)48(42,45)46/h5-16,19,26,30,32H,1-4,17-18,20,41H2,(H2,42,45,46)/t30-,32+/m1/s1. The average Bonchev–Trinajstić information content (AvgIpc) is 3.55. The van der Waals surface area contributed by atoms with Gasteiger partial charge in [0.2, 0.25) is 15.9 Å². The van der Waals surface area contributed by atoms with Gasteiger partial charge in [0.1, 0.15) is 11.7 Å². The molecule has 7 nitrogen and oxygen atoms in total. The molecule has 0 aromatic heterocycles. The third-order valence-corrected chi connectivity index (χ3v) is 10.4. The van der Waals surface area contributed by atoms with Gasteiger partial charge in [-0.1, -0.05) is 60.1 Å². The first-order chi connectivity index (χ1) is 22.6. The van der Waals surface area contributed by atoms with Gasteiger partial charge >= 0.3 is 0 Å². The number of ether oxygens (including phenoxy) is 1. The quantitative estimate of drug-likeness (QED) is 0.188. The molecule has 48 heavy (non-hydrogen) atoms. The molecule has 0 unspecified atom stereocenters. The molecular weight excluding hydrogens is 670 g/mol. The molecule has 13 heteroatoms. The van der Waals surface area contributed by atoms with E-state index in [9.17, 15) is 22.0 Å². The van der Waals surface area contributed by atoms with E-state index in [1.54, 1.807) is 30.3 Å². The second-order valence-corrected chi connectivity index (χ2v) is 14.5. The lowest BCUT2D eigenvalue weighted by atomic mass is 9.83. The minimum absolute atomic E-state index is 0.00317. The maximum atomic E-state index is 17.1. The van der Waals surface area contributed by atoms with Crippen LogP contribution in [0.25, 0.3) is 21.9 Å². The second kappa shape index (κ2) is 13.0. The number of carbonyl (C=O) groups is 1. The van der Waals surface area contributed by atoms with E-state index >= 15 is 8.78 Å². The van der Waals surface area contributed by atoms with E-state index in [4.69, 9.17) is 27.2 Å². The van der Waals surface area contributed by atoms with Gasteiger partial charge in [0, 0.05) is 17.1 Å². The molecule has 254 valence electrons. The summed E-state index contributed by atoms with van der Waals surface area (Å²) < 4.78 is 95.8. The fourth-order valence-corrected chi connectivity index (χ4v) is 7.53. The summed E-state index contributed by atoms with van der Waals surface area (Å²) in [7, 11) is -4.70. The Hall–Kier alpha value is -3.71. The summed E-state index contributed by atoms with van der Waals surface area (Å²) in [6.07, 6.45) is 3.38. The molecule has 2 fully saturated rings. The smallest absolute Gasteiger partial charge is 0.288 e. The van der Waals surface area contributed by atoms with Crippen molar-refractivity contribution in [1.82, 2.24) is 4.90 Å². The number of rotatable bonds is 8. The first-order valence-electron chi connectivity index (χ1n) is 15.6. The molecule has 6 rings (SSSR count). The summed E-state index contributed by atoms with van der Waals surface area (Å²) in [5.74, 6) is -11.1. The minimum atomic E-state index is -4.70. The normalized spacial score (nSPS) is 19.4. The van der Waals surface area contributed by atoms with Crippen LogP contribution >= 0.6 is 11.6 Å². The fourth-order valence-electron chi connectivity index (χ4n) is 6.61. The van der Waals surface area contributed by atoms with Gasteiger partial charge in [0.25, 0.3) is 11.8 Å². The number of nitrogens with zero attached hydrogens (tertiary/aromatic N) is 1. The topological polar surface area (TPSA) is 116 Å². The van der Waals surface area contributed by atoms with Crippen LogP contribution in [0.2, 0.25) is 5.02 Å². The number of hydrogen-bond acceptors (Lipinski definition) is 5. The van der Waals surface area contributed by atoms with Crippen molar-refractivity contribution in [2.75, 3.05) is 13.1 Å². The largest absolute Gasteiger partial charge is 0.490 e. The van der Waals surface area contributed by atoms with Crippen LogP contribution in [-0.2, 0) is 20.7 Å². The average molecular weight is 704 g/mol. The first-order valence-corrected chi connectivity index (χ1v) is 17.5. The predicted molar refractivity (Wildman–Crippen MR) is 176 cm³/mol. The highest BCUT2D eigenvalue weighted by Crippen LogP contribution is 2.48. The molecule has 0 bridgehead atoms. The molecule has 2 atom stereocenters. The molecule has 1 aliphatic carbocycles. The number of hydrogen-bond donors (Lipinski definition) is 2. The molecule has 0 radical (unpaired) electrons. The Morgan fingerprint density at radius 1 is 0.938 bits per heavy atom. The van der Waals surface area contributed by atoms with E-state index < -0.39 is 62.3 Å². The van der Waals surface area contributed by atoms with Crippen LogP contribution in [0.3, 0.4) is 0 Å². The van der Waals surface area contributed by atoms with E-state index in [2.05, 4.69) is 0 Å². The van der Waals surface area contributed by atoms with Gasteiger partial charge in [-0.2, -0.15) is 0 Å².